The van der Waals surface area contributed by atoms with Gasteiger partial charge in [0.1, 0.15) is 0 Å². The molecule has 0 radical (unpaired) electrons. The van der Waals surface area contributed by atoms with E-state index >= 15 is 0 Å². The second kappa shape index (κ2) is 4.37. The van der Waals surface area contributed by atoms with Gasteiger partial charge in [-0.15, -0.1) is 27.2 Å². The molecule has 0 bridgehead atoms. The van der Waals surface area contributed by atoms with Crippen molar-refractivity contribution in [1.29, 1.82) is 0 Å². The predicted octanol–water partition coefficient (Wildman–Crippen LogP) is 3.16. The molecule has 54 valence electrons. The molecule has 0 amide bonds. The quantitative estimate of drug-likeness (QED) is 0.507. The Bertz CT molecular complexity index is 90.2. The van der Waals surface area contributed by atoms with Gasteiger partial charge in [0.15, 0.2) is 0 Å². The molecule has 0 atom stereocenters. The number of hydrogen-bond donors (Lipinski definition) is 0. The summed E-state index contributed by atoms with van der Waals surface area (Å²) in [5, 5.41) is 0. The van der Waals surface area contributed by atoms with Crippen molar-refractivity contribution in [2.45, 2.75) is 34.1 Å². The molecule has 0 heterocycles. The first-order chi connectivity index (χ1) is 4.22. The third-order valence-electron chi connectivity index (χ3n) is 1.62. The topological polar surface area (TPSA) is 0 Å². The third-order valence-corrected chi connectivity index (χ3v) is 1.62. The molecule has 0 aliphatic rings. The van der Waals surface area contributed by atoms with Crippen molar-refractivity contribution >= 4 is 0 Å². The Morgan fingerprint density at radius 1 is 1.67 bits per heavy atom. The van der Waals surface area contributed by atoms with E-state index in [2.05, 4.69) is 33.3 Å². The van der Waals surface area contributed by atoms with Gasteiger partial charge in [-0.1, -0.05) is 6.92 Å². The van der Waals surface area contributed by atoms with Crippen LogP contribution in [0.2, 0.25) is 0 Å². The molecule has 0 aromatic rings. The fraction of sp³-hybridized carbons (Fsp3) is 0.556. The molecule has 0 nitrogen and oxygen atoms in total. The Morgan fingerprint density at radius 3 is 2.56 bits per heavy atom. The lowest BCUT2D eigenvalue weighted by Crippen LogP contribution is -1.89. The Kier molecular flexibility index (Phi) is 4.12. The lowest BCUT2D eigenvalue weighted by atomic mass is 9.99. The molecule has 0 aromatic heterocycles. The third kappa shape index (κ3) is 3.12. The highest BCUT2D eigenvalue weighted by Crippen LogP contribution is 2.15. The monoisotopic (exact) mass is 124 g/mol. The van der Waals surface area contributed by atoms with Crippen LogP contribution >= 0.6 is 0 Å². The molecule has 0 saturated carbocycles. The van der Waals surface area contributed by atoms with E-state index in [0.29, 0.717) is 0 Å². The number of rotatable bonds is 3. The van der Waals surface area contributed by atoms with Gasteiger partial charge in [0.2, 0.25) is 0 Å². The molecule has 0 heteroatoms. The predicted molar refractivity (Wildman–Crippen MR) is 42.9 cm³/mol. The summed E-state index contributed by atoms with van der Waals surface area (Å²) in [5.74, 6) is 1.48. The summed E-state index contributed by atoms with van der Waals surface area (Å²) in [6.45, 7) is 8.56. The van der Waals surface area contributed by atoms with E-state index in [1.807, 2.05) is 6.92 Å². The van der Waals surface area contributed by atoms with Crippen LogP contribution in [0.1, 0.15) is 34.1 Å². The summed E-state index contributed by atoms with van der Waals surface area (Å²) in [4.78, 5) is 0. The van der Waals surface area contributed by atoms with Crippen molar-refractivity contribution < 1.29 is 0 Å². The van der Waals surface area contributed by atoms with E-state index < -0.39 is 0 Å². The molecule has 0 aromatic carbocycles. The molecule has 0 N–H and O–H groups in total. The molecular formula is C9H16-2. The summed E-state index contributed by atoms with van der Waals surface area (Å²) in [7, 11) is 0. The highest BCUT2D eigenvalue weighted by atomic mass is 14.0. The maximum Gasteiger partial charge on any atom is -0.0784 e. The van der Waals surface area contributed by atoms with Gasteiger partial charge >= 0.3 is 0 Å². The first kappa shape index (κ1) is 8.48. The van der Waals surface area contributed by atoms with E-state index in [4.69, 9.17) is 0 Å². The zero-order valence-corrected chi connectivity index (χ0v) is 6.86. The normalized spacial score (nSPS) is 11.3. The minimum absolute atomic E-state index is 1.16. The van der Waals surface area contributed by atoms with E-state index in [1.165, 1.54) is 11.5 Å². The van der Waals surface area contributed by atoms with E-state index in [-0.39, 0.29) is 0 Å². The molecule has 0 aliphatic heterocycles. The molecule has 0 unspecified atom stereocenters. The van der Waals surface area contributed by atoms with Crippen molar-refractivity contribution in [3.8, 4) is 0 Å². The Morgan fingerprint density at radius 2 is 2.22 bits per heavy atom. The van der Waals surface area contributed by atoms with Gasteiger partial charge in [0.25, 0.3) is 0 Å². The van der Waals surface area contributed by atoms with Crippen LogP contribution in [0.3, 0.4) is 0 Å². The molecule has 0 fully saturated rings. The molecular weight excluding hydrogens is 108 g/mol. The Balaban J connectivity index is 3.70. The van der Waals surface area contributed by atoms with Crippen molar-refractivity contribution in [2.75, 3.05) is 0 Å². The van der Waals surface area contributed by atoms with Gasteiger partial charge in [-0.05, 0) is 0 Å². The van der Waals surface area contributed by atoms with Crippen molar-refractivity contribution in [3.05, 3.63) is 24.0 Å². The Hall–Kier alpha value is -0.520. The summed E-state index contributed by atoms with van der Waals surface area (Å²) in [6, 6.07) is 0. The lowest BCUT2D eigenvalue weighted by molar-refractivity contribution is 0.937. The Labute approximate surface area is 59.0 Å². The van der Waals surface area contributed by atoms with E-state index in [0.717, 1.165) is 6.42 Å². The highest BCUT2D eigenvalue weighted by molar-refractivity contribution is 5.21. The van der Waals surface area contributed by atoms with Crippen LogP contribution in [0.4, 0.5) is 0 Å². The molecule has 0 rings (SSSR count). The van der Waals surface area contributed by atoms with Crippen LogP contribution in [0.15, 0.2) is 11.6 Å². The standard InChI is InChI=1S/C9H16/c1-5-7-9(4)8(3)6-2/h5,7H,6H2,1-4H3/q-2. The maximum absolute atomic E-state index is 2.18. The molecule has 0 saturated heterocycles. The van der Waals surface area contributed by atoms with Crippen molar-refractivity contribution in [1.82, 2.24) is 0 Å². The fourth-order valence-electron chi connectivity index (χ4n) is 0.671. The molecule has 0 spiro atoms. The van der Waals surface area contributed by atoms with Crippen LogP contribution in [-0.4, -0.2) is 0 Å². The van der Waals surface area contributed by atoms with Crippen molar-refractivity contribution in [2.24, 2.45) is 0 Å². The van der Waals surface area contributed by atoms with Gasteiger partial charge in [-0.3, -0.25) is 5.92 Å². The van der Waals surface area contributed by atoms with Crippen LogP contribution in [-0.2, 0) is 0 Å². The highest BCUT2D eigenvalue weighted by Gasteiger charge is 1.77. The first-order valence-corrected chi connectivity index (χ1v) is 3.51. The maximum atomic E-state index is 2.18. The summed E-state index contributed by atoms with van der Waals surface area (Å²) < 4.78 is 0. The smallest absolute Gasteiger partial charge is 0.0784 e. The zero-order chi connectivity index (χ0) is 7.28. The van der Waals surface area contributed by atoms with Gasteiger partial charge in [0, 0.05) is 0 Å². The summed E-state index contributed by atoms with van der Waals surface area (Å²) in [6.07, 6.45) is 5.39. The second-order valence-electron chi connectivity index (χ2n) is 2.32. The van der Waals surface area contributed by atoms with Gasteiger partial charge in [-0.25, -0.2) is 0 Å². The van der Waals surface area contributed by atoms with E-state index in [9.17, 15) is 0 Å². The molecule has 9 heavy (non-hydrogen) atoms. The largest absolute Gasteiger partial charge is 0.376 e. The number of allylic oxidation sites excluding steroid dienone is 2. The number of hydrogen-bond acceptors (Lipinski definition) is 0. The summed E-state index contributed by atoms with van der Waals surface area (Å²) in [5.41, 5.74) is 1.40. The van der Waals surface area contributed by atoms with Crippen LogP contribution in [0, 0.1) is 12.3 Å². The fourth-order valence-corrected chi connectivity index (χ4v) is 0.671. The molecule has 0 aliphatic carbocycles. The van der Waals surface area contributed by atoms with Gasteiger partial charge < -0.3 is 18.1 Å². The van der Waals surface area contributed by atoms with Crippen LogP contribution < -0.4 is 0 Å². The SMILES string of the molecule is C[CH-]C=C(C)[C-](C)CC. The minimum Gasteiger partial charge on any atom is -0.376 e. The van der Waals surface area contributed by atoms with Gasteiger partial charge in [-0.2, -0.15) is 0 Å². The van der Waals surface area contributed by atoms with E-state index in [1.54, 1.807) is 0 Å². The average Bonchev–Trinajstić information content (AvgIpc) is 1.87. The lowest BCUT2D eigenvalue weighted by Gasteiger charge is -2.29. The van der Waals surface area contributed by atoms with Gasteiger partial charge in [0.05, 0.1) is 0 Å². The second-order valence-corrected chi connectivity index (χ2v) is 2.32. The zero-order valence-electron chi connectivity index (χ0n) is 6.86. The van der Waals surface area contributed by atoms with Crippen LogP contribution in [0.5, 0.6) is 0 Å². The first-order valence-electron chi connectivity index (χ1n) is 3.51. The van der Waals surface area contributed by atoms with Crippen LogP contribution in [0.25, 0.3) is 0 Å². The van der Waals surface area contributed by atoms with Crippen molar-refractivity contribution in [3.63, 3.8) is 0 Å². The average molecular weight is 124 g/mol. The summed E-state index contributed by atoms with van der Waals surface area (Å²) >= 11 is 0. The minimum atomic E-state index is 1.16.